The average Bonchev–Trinajstić information content (AvgIpc) is 2.78. The van der Waals surface area contributed by atoms with Crippen LogP contribution in [0.2, 0.25) is 0 Å². The van der Waals surface area contributed by atoms with Crippen molar-refractivity contribution >= 4 is 32.2 Å². The van der Waals surface area contributed by atoms with Crippen molar-refractivity contribution in [1.82, 2.24) is 9.88 Å². The maximum atomic E-state index is 13.1. The topological polar surface area (TPSA) is 79.6 Å². The molecule has 0 bridgehead atoms. The summed E-state index contributed by atoms with van der Waals surface area (Å²) >= 11 is 0.912. The fraction of sp³-hybridized carbons (Fsp3) is 0.619. The first-order valence-corrected chi connectivity index (χ1v) is 11.6. The maximum Gasteiger partial charge on any atom is 0.416 e. The lowest BCUT2D eigenvalue weighted by atomic mass is 9.92. The lowest BCUT2D eigenvalue weighted by Gasteiger charge is -2.41. The molecule has 0 spiro atoms. The first-order valence-electron chi connectivity index (χ1n) is 10.8. The predicted molar refractivity (Wildman–Crippen MR) is 117 cm³/mol. The summed E-state index contributed by atoms with van der Waals surface area (Å²) in [5.41, 5.74) is -2.81. The number of fused-ring (bicyclic) bond motifs is 1. The quantitative estimate of drug-likeness (QED) is 0.471. The van der Waals surface area contributed by atoms with E-state index < -0.39 is 27.9 Å². The smallest absolute Gasteiger partial charge is 0.348 e. The van der Waals surface area contributed by atoms with Crippen LogP contribution in [0, 0.1) is 10.1 Å². The first-order chi connectivity index (χ1) is 15.1. The van der Waals surface area contributed by atoms with Crippen LogP contribution in [0.4, 0.5) is 24.0 Å². The molecule has 1 aromatic heterocycles. The molecule has 174 valence electrons. The zero-order valence-corrected chi connectivity index (χ0v) is 18.5. The van der Waals surface area contributed by atoms with E-state index in [0.29, 0.717) is 42.4 Å². The molecular weight excluding hydrogens is 445 g/mol. The zero-order chi connectivity index (χ0) is 23.0. The van der Waals surface area contributed by atoms with E-state index in [1.165, 1.54) is 32.1 Å². The molecule has 4 rings (SSSR count). The number of hydrogen-bond acceptors (Lipinski definition) is 7. The number of rotatable bonds is 4. The van der Waals surface area contributed by atoms with Crippen LogP contribution >= 0.6 is 11.3 Å². The van der Waals surface area contributed by atoms with Gasteiger partial charge in [0.2, 0.25) is 0 Å². The Morgan fingerprint density at radius 2 is 1.75 bits per heavy atom. The van der Waals surface area contributed by atoms with Gasteiger partial charge in [-0.25, -0.2) is 0 Å². The molecule has 0 atom stereocenters. The number of alkyl halides is 3. The number of aromatic nitrogens is 1. The fourth-order valence-corrected chi connectivity index (χ4v) is 5.94. The van der Waals surface area contributed by atoms with Gasteiger partial charge in [-0.3, -0.25) is 14.9 Å². The van der Waals surface area contributed by atoms with Gasteiger partial charge in [-0.1, -0.05) is 30.6 Å². The highest BCUT2D eigenvalue weighted by atomic mass is 32.1. The molecule has 11 heteroatoms. The molecular formula is C21H25F3N4O3S. The molecule has 2 heterocycles. The summed E-state index contributed by atoms with van der Waals surface area (Å²) < 4.78 is 39.4. The van der Waals surface area contributed by atoms with Gasteiger partial charge in [-0.15, -0.1) is 0 Å². The third-order valence-electron chi connectivity index (χ3n) is 6.68. The minimum atomic E-state index is -4.79. The number of nitro benzene ring substituents is 1. The summed E-state index contributed by atoms with van der Waals surface area (Å²) in [5.74, 6) is 0. The average molecular weight is 471 g/mol. The van der Waals surface area contributed by atoms with Gasteiger partial charge < -0.3 is 9.80 Å². The van der Waals surface area contributed by atoms with E-state index in [1.54, 1.807) is 0 Å². The molecule has 2 fully saturated rings. The van der Waals surface area contributed by atoms with Gasteiger partial charge in [-0.05, 0) is 38.8 Å². The Labute approximate surface area is 187 Å². The molecule has 2 aromatic rings. The number of non-ortho nitro benzene ring substituents is 1. The number of nitrogens with zero attached hydrogens (tertiary/aromatic N) is 4. The second-order valence-electron chi connectivity index (χ2n) is 8.60. The van der Waals surface area contributed by atoms with Crippen molar-refractivity contribution < 1.29 is 18.1 Å². The van der Waals surface area contributed by atoms with Crippen LogP contribution < -0.4 is 10.5 Å². The minimum absolute atomic E-state index is 0.0700. The summed E-state index contributed by atoms with van der Waals surface area (Å²) in [6.45, 7) is 1.29. The Hall–Kier alpha value is -2.27. The molecule has 1 saturated heterocycles. The van der Waals surface area contributed by atoms with E-state index >= 15 is 0 Å². The fourth-order valence-electron chi connectivity index (χ4n) is 4.83. The number of anilines is 1. The van der Waals surface area contributed by atoms with Crippen molar-refractivity contribution in [3.63, 3.8) is 0 Å². The van der Waals surface area contributed by atoms with Crippen LogP contribution in [-0.2, 0) is 6.18 Å². The van der Waals surface area contributed by atoms with Crippen molar-refractivity contribution in [2.75, 3.05) is 25.0 Å². The van der Waals surface area contributed by atoms with Crippen LogP contribution in [-0.4, -0.2) is 47.0 Å². The van der Waals surface area contributed by atoms with Gasteiger partial charge in [0.25, 0.3) is 11.2 Å². The molecule has 1 saturated carbocycles. The molecule has 0 radical (unpaired) electrons. The lowest BCUT2D eigenvalue weighted by Crippen LogP contribution is -2.48. The number of hydrogen-bond donors (Lipinski definition) is 0. The highest BCUT2D eigenvalue weighted by molar-refractivity contribution is 7.22. The van der Waals surface area contributed by atoms with Crippen molar-refractivity contribution in [1.29, 1.82) is 0 Å². The van der Waals surface area contributed by atoms with E-state index in [2.05, 4.69) is 16.9 Å². The van der Waals surface area contributed by atoms with Gasteiger partial charge >= 0.3 is 6.18 Å². The summed E-state index contributed by atoms with van der Waals surface area (Å²) in [6.07, 6.45) is 3.22. The van der Waals surface area contributed by atoms with Crippen LogP contribution in [0.25, 0.3) is 10.1 Å². The second-order valence-corrected chi connectivity index (χ2v) is 9.58. The lowest BCUT2D eigenvalue weighted by molar-refractivity contribution is -0.383. The third kappa shape index (κ3) is 4.59. The molecule has 0 amide bonds. The molecule has 0 N–H and O–H groups in total. The van der Waals surface area contributed by atoms with E-state index in [1.807, 2.05) is 4.90 Å². The summed E-state index contributed by atoms with van der Waals surface area (Å²) in [7, 11) is 2.17. The van der Waals surface area contributed by atoms with Gasteiger partial charge in [0.05, 0.1) is 15.9 Å². The minimum Gasteiger partial charge on any atom is -0.348 e. The predicted octanol–water partition coefficient (Wildman–Crippen LogP) is 4.82. The van der Waals surface area contributed by atoms with Gasteiger partial charge in [0.15, 0.2) is 5.13 Å². The number of halogens is 3. The van der Waals surface area contributed by atoms with Crippen LogP contribution in [0.15, 0.2) is 16.9 Å². The Balaban J connectivity index is 1.58. The molecule has 2 aliphatic rings. The highest BCUT2D eigenvalue weighted by Crippen LogP contribution is 2.39. The molecule has 32 heavy (non-hydrogen) atoms. The van der Waals surface area contributed by atoms with Gasteiger partial charge in [0, 0.05) is 31.2 Å². The van der Waals surface area contributed by atoms with E-state index in [9.17, 15) is 28.1 Å². The van der Waals surface area contributed by atoms with Crippen LogP contribution in [0.1, 0.15) is 50.5 Å². The van der Waals surface area contributed by atoms with E-state index in [0.717, 1.165) is 24.2 Å². The van der Waals surface area contributed by atoms with E-state index in [4.69, 9.17) is 0 Å². The Morgan fingerprint density at radius 3 is 2.34 bits per heavy atom. The molecule has 7 nitrogen and oxygen atoms in total. The number of nitro groups is 1. The number of benzene rings is 1. The number of piperidine rings is 1. The zero-order valence-electron chi connectivity index (χ0n) is 17.7. The molecule has 0 unspecified atom stereocenters. The third-order valence-corrected chi connectivity index (χ3v) is 7.84. The molecule has 1 aliphatic heterocycles. The molecule has 1 aliphatic carbocycles. The van der Waals surface area contributed by atoms with Crippen molar-refractivity contribution in [3.05, 3.63) is 38.2 Å². The van der Waals surface area contributed by atoms with Gasteiger partial charge in [-0.2, -0.15) is 18.2 Å². The van der Waals surface area contributed by atoms with E-state index in [-0.39, 0.29) is 10.1 Å². The largest absolute Gasteiger partial charge is 0.416 e. The summed E-state index contributed by atoms with van der Waals surface area (Å²) in [6, 6.07) is 2.17. The van der Waals surface area contributed by atoms with Crippen molar-refractivity contribution in [2.24, 2.45) is 0 Å². The monoisotopic (exact) mass is 470 g/mol. The second kappa shape index (κ2) is 8.93. The maximum absolute atomic E-state index is 13.1. The van der Waals surface area contributed by atoms with Crippen LogP contribution in [0.3, 0.4) is 0 Å². The normalized spacial score (nSPS) is 19.1. The Morgan fingerprint density at radius 1 is 1.12 bits per heavy atom. The summed E-state index contributed by atoms with van der Waals surface area (Å²) in [5, 5.41) is 11.4. The van der Waals surface area contributed by atoms with Gasteiger partial charge in [0.1, 0.15) is 4.70 Å². The standard InChI is InChI=1S/C21H25F3N4O3S/c1-26(14-5-3-2-4-6-14)15-7-9-27(10-8-15)20-25-19(29)16-11-13(21(22,23)24)12-17(28(30)31)18(16)32-20/h11-12,14-15H,2-10H2,1H3. The Kier molecular flexibility index (Phi) is 6.39. The highest BCUT2D eigenvalue weighted by Gasteiger charge is 2.35. The Bertz CT molecular complexity index is 1060. The SMILES string of the molecule is CN(C1CCCCC1)C1CCN(c2nc(=O)c3cc(C(F)(F)F)cc([N+](=O)[O-])c3s2)CC1. The van der Waals surface area contributed by atoms with Crippen molar-refractivity contribution in [2.45, 2.75) is 63.2 Å². The van der Waals surface area contributed by atoms with Crippen molar-refractivity contribution in [3.8, 4) is 0 Å². The first kappa shape index (κ1) is 22.9. The van der Waals surface area contributed by atoms with Crippen LogP contribution in [0.5, 0.6) is 0 Å². The molecule has 1 aromatic carbocycles. The summed E-state index contributed by atoms with van der Waals surface area (Å²) in [4.78, 5) is 31.5.